The Balaban J connectivity index is 1.73. The number of hydrogen-bond acceptors (Lipinski definition) is 4. The Hall–Kier alpha value is -1.13. The van der Waals surface area contributed by atoms with Gasteiger partial charge in [0.2, 0.25) is 0 Å². The largest absolute Gasteiger partial charge is 0.440 e. The molecule has 0 bridgehead atoms. The van der Waals surface area contributed by atoms with E-state index in [2.05, 4.69) is 10.3 Å². The van der Waals surface area contributed by atoms with Crippen LogP contribution in [0.3, 0.4) is 0 Å². The smallest absolute Gasteiger partial charge is 0.255 e. The molecule has 0 spiro atoms. The zero-order valence-corrected chi connectivity index (χ0v) is 11.0. The fourth-order valence-corrected chi connectivity index (χ4v) is 2.22. The number of nitrogens with zero attached hydrogens (tertiary/aromatic N) is 1. The fraction of sp³-hybridized carbons (Fsp3) is 0.250. The molecular formula is C12H13ClN2OS. The lowest BCUT2D eigenvalue weighted by molar-refractivity contribution is 0.454. The standard InChI is InChI=1S/C12H13ClN2OS/c1-9-8-16-12(15-9)17-6-5-14-11-4-2-3-10(13)7-11/h2-4,7-8,14H,5-6H2,1H3. The molecule has 0 unspecified atom stereocenters. The lowest BCUT2D eigenvalue weighted by atomic mass is 10.3. The van der Waals surface area contributed by atoms with Crippen molar-refractivity contribution in [3.63, 3.8) is 0 Å². The van der Waals surface area contributed by atoms with Crippen LogP contribution in [0.5, 0.6) is 0 Å². The molecular weight excluding hydrogens is 256 g/mol. The van der Waals surface area contributed by atoms with E-state index >= 15 is 0 Å². The van der Waals surface area contributed by atoms with Crippen molar-refractivity contribution in [2.75, 3.05) is 17.6 Å². The summed E-state index contributed by atoms with van der Waals surface area (Å²) in [7, 11) is 0. The lowest BCUT2D eigenvalue weighted by Gasteiger charge is -2.04. The highest BCUT2D eigenvalue weighted by atomic mass is 35.5. The van der Waals surface area contributed by atoms with Gasteiger partial charge in [-0.15, -0.1) is 0 Å². The van der Waals surface area contributed by atoms with Crippen molar-refractivity contribution in [2.24, 2.45) is 0 Å². The van der Waals surface area contributed by atoms with E-state index in [9.17, 15) is 0 Å². The predicted octanol–water partition coefficient (Wildman–Crippen LogP) is 3.84. The van der Waals surface area contributed by atoms with Gasteiger partial charge in [-0.2, -0.15) is 0 Å². The van der Waals surface area contributed by atoms with Crippen LogP contribution in [-0.2, 0) is 0 Å². The molecule has 0 fully saturated rings. The van der Waals surface area contributed by atoms with Gasteiger partial charge in [0.25, 0.3) is 5.22 Å². The van der Waals surface area contributed by atoms with Crippen molar-refractivity contribution in [1.82, 2.24) is 4.98 Å². The summed E-state index contributed by atoms with van der Waals surface area (Å²) in [6.07, 6.45) is 1.66. The lowest BCUT2D eigenvalue weighted by Crippen LogP contribution is -2.03. The van der Waals surface area contributed by atoms with Crippen molar-refractivity contribution in [3.8, 4) is 0 Å². The topological polar surface area (TPSA) is 38.1 Å². The normalized spacial score (nSPS) is 10.5. The summed E-state index contributed by atoms with van der Waals surface area (Å²) in [6.45, 7) is 2.75. The van der Waals surface area contributed by atoms with Gasteiger partial charge in [0.1, 0.15) is 6.26 Å². The van der Waals surface area contributed by atoms with Crippen molar-refractivity contribution in [2.45, 2.75) is 12.1 Å². The van der Waals surface area contributed by atoms with Gasteiger partial charge >= 0.3 is 0 Å². The first-order chi connectivity index (χ1) is 8.24. The van der Waals surface area contributed by atoms with E-state index in [0.29, 0.717) is 0 Å². The number of aryl methyl sites for hydroxylation is 1. The molecule has 90 valence electrons. The SMILES string of the molecule is Cc1coc(SCCNc2cccc(Cl)c2)n1. The van der Waals surface area contributed by atoms with Gasteiger partial charge in [-0.25, -0.2) is 4.98 Å². The predicted molar refractivity (Wildman–Crippen MR) is 71.9 cm³/mol. The van der Waals surface area contributed by atoms with Crippen molar-refractivity contribution >= 4 is 29.1 Å². The molecule has 17 heavy (non-hydrogen) atoms. The van der Waals surface area contributed by atoms with Gasteiger partial charge in [-0.05, 0) is 25.1 Å². The van der Waals surface area contributed by atoms with E-state index in [1.165, 1.54) is 0 Å². The molecule has 5 heteroatoms. The Morgan fingerprint density at radius 2 is 2.35 bits per heavy atom. The third kappa shape index (κ3) is 3.98. The van der Waals surface area contributed by atoms with Gasteiger partial charge in [-0.1, -0.05) is 29.4 Å². The summed E-state index contributed by atoms with van der Waals surface area (Å²) in [4.78, 5) is 4.22. The van der Waals surface area contributed by atoms with Crippen LogP contribution >= 0.6 is 23.4 Å². The summed E-state index contributed by atoms with van der Waals surface area (Å²) in [5, 5.41) is 4.75. The molecule has 2 aromatic rings. The van der Waals surface area contributed by atoms with Crippen LogP contribution in [0.2, 0.25) is 5.02 Å². The van der Waals surface area contributed by atoms with E-state index in [1.807, 2.05) is 31.2 Å². The van der Waals surface area contributed by atoms with Gasteiger partial charge in [0.05, 0.1) is 5.69 Å². The monoisotopic (exact) mass is 268 g/mol. The Kier molecular flexibility index (Phi) is 4.34. The fourth-order valence-electron chi connectivity index (χ4n) is 1.33. The van der Waals surface area contributed by atoms with Crippen molar-refractivity contribution in [1.29, 1.82) is 0 Å². The minimum Gasteiger partial charge on any atom is -0.440 e. The Bertz CT molecular complexity index is 487. The van der Waals surface area contributed by atoms with E-state index in [-0.39, 0.29) is 0 Å². The molecule has 0 aliphatic carbocycles. The third-order valence-electron chi connectivity index (χ3n) is 2.08. The minimum atomic E-state index is 0.718. The van der Waals surface area contributed by atoms with E-state index in [0.717, 1.165) is 33.9 Å². The average Bonchev–Trinajstić information content (AvgIpc) is 2.71. The summed E-state index contributed by atoms with van der Waals surface area (Å²) in [5.74, 6) is 0.895. The number of nitrogens with one attached hydrogen (secondary N) is 1. The van der Waals surface area contributed by atoms with Crippen LogP contribution in [0.1, 0.15) is 5.69 Å². The second-order valence-electron chi connectivity index (χ2n) is 3.54. The summed E-state index contributed by atoms with van der Waals surface area (Å²) in [6, 6.07) is 7.68. The maximum atomic E-state index is 5.89. The van der Waals surface area contributed by atoms with Crippen molar-refractivity contribution in [3.05, 3.63) is 41.2 Å². The number of benzene rings is 1. The number of hydrogen-bond donors (Lipinski definition) is 1. The summed E-state index contributed by atoms with van der Waals surface area (Å²) in [5.41, 5.74) is 1.94. The van der Waals surface area contributed by atoms with Gasteiger partial charge in [-0.3, -0.25) is 0 Å². The minimum absolute atomic E-state index is 0.718. The van der Waals surface area contributed by atoms with Crippen LogP contribution in [0, 0.1) is 6.92 Å². The quantitative estimate of drug-likeness (QED) is 0.660. The maximum Gasteiger partial charge on any atom is 0.255 e. The molecule has 1 N–H and O–H groups in total. The molecule has 0 atom stereocenters. The van der Waals surface area contributed by atoms with Crippen LogP contribution in [0.15, 0.2) is 40.2 Å². The number of halogens is 1. The molecule has 2 rings (SSSR count). The first-order valence-electron chi connectivity index (χ1n) is 5.28. The first kappa shape index (κ1) is 12.3. The second-order valence-corrected chi connectivity index (χ2v) is 5.02. The highest BCUT2D eigenvalue weighted by Crippen LogP contribution is 2.18. The number of thioether (sulfide) groups is 1. The first-order valence-corrected chi connectivity index (χ1v) is 6.65. The molecule has 0 saturated heterocycles. The van der Waals surface area contributed by atoms with Crippen LogP contribution < -0.4 is 5.32 Å². The number of rotatable bonds is 5. The van der Waals surface area contributed by atoms with Gasteiger partial charge in [0.15, 0.2) is 0 Å². The molecule has 0 aliphatic rings. The molecule has 1 aromatic carbocycles. The molecule has 0 amide bonds. The second kappa shape index (κ2) is 5.98. The van der Waals surface area contributed by atoms with Gasteiger partial charge < -0.3 is 9.73 Å². The van der Waals surface area contributed by atoms with E-state index in [4.69, 9.17) is 16.0 Å². The van der Waals surface area contributed by atoms with Crippen molar-refractivity contribution < 1.29 is 4.42 Å². The molecule has 1 heterocycles. The van der Waals surface area contributed by atoms with Crippen LogP contribution in [-0.4, -0.2) is 17.3 Å². The highest BCUT2D eigenvalue weighted by Gasteiger charge is 2.00. The average molecular weight is 269 g/mol. The number of aromatic nitrogens is 1. The Morgan fingerprint density at radius 1 is 1.47 bits per heavy atom. The molecule has 1 aromatic heterocycles. The Morgan fingerprint density at radius 3 is 3.06 bits per heavy atom. The van der Waals surface area contributed by atoms with E-state index in [1.54, 1.807) is 18.0 Å². The Labute approximate surface area is 110 Å². The molecule has 0 saturated carbocycles. The molecule has 3 nitrogen and oxygen atoms in total. The molecule has 0 radical (unpaired) electrons. The maximum absolute atomic E-state index is 5.89. The zero-order valence-electron chi connectivity index (χ0n) is 9.44. The highest BCUT2D eigenvalue weighted by molar-refractivity contribution is 7.99. The summed E-state index contributed by atoms with van der Waals surface area (Å²) < 4.78 is 5.24. The number of oxazole rings is 1. The van der Waals surface area contributed by atoms with E-state index < -0.39 is 0 Å². The number of anilines is 1. The molecule has 0 aliphatic heterocycles. The van der Waals surface area contributed by atoms with Crippen LogP contribution in [0.4, 0.5) is 5.69 Å². The van der Waals surface area contributed by atoms with Crippen LogP contribution in [0.25, 0.3) is 0 Å². The third-order valence-corrected chi connectivity index (χ3v) is 3.16. The van der Waals surface area contributed by atoms with Gasteiger partial charge in [0, 0.05) is 23.0 Å². The zero-order chi connectivity index (χ0) is 12.1. The summed E-state index contributed by atoms with van der Waals surface area (Å²) >= 11 is 7.48.